The van der Waals surface area contributed by atoms with Crippen LogP contribution in [-0.2, 0) is 4.79 Å². The highest BCUT2D eigenvalue weighted by Gasteiger charge is 2.39. The molecule has 4 nitrogen and oxygen atoms in total. The normalized spacial score (nSPS) is 39.6. The van der Waals surface area contributed by atoms with E-state index < -0.39 is 5.97 Å². The summed E-state index contributed by atoms with van der Waals surface area (Å²) in [5.74, 6) is -0.0509. The topological polar surface area (TPSA) is 52.6 Å². The van der Waals surface area contributed by atoms with Crippen LogP contribution in [0.2, 0.25) is 0 Å². The molecule has 1 heterocycles. The van der Waals surface area contributed by atoms with E-state index in [9.17, 15) is 9.90 Å². The molecule has 114 valence electrons. The highest BCUT2D eigenvalue weighted by atomic mass is 16.4. The molecule has 0 aromatic heterocycles. The van der Waals surface area contributed by atoms with Gasteiger partial charge in [-0.2, -0.15) is 0 Å². The first-order chi connectivity index (χ1) is 9.63. The van der Waals surface area contributed by atoms with Crippen LogP contribution in [0, 0.1) is 11.8 Å². The van der Waals surface area contributed by atoms with Crippen molar-refractivity contribution in [2.24, 2.45) is 11.8 Å². The van der Waals surface area contributed by atoms with Crippen molar-refractivity contribution < 1.29 is 9.90 Å². The Labute approximate surface area is 121 Å². The van der Waals surface area contributed by atoms with Crippen molar-refractivity contribution in [2.45, 2.75) is 70.0 Å². The number of carbonyl (C=O) groups is 1. The Hall–Kier alpha value is -0.610. The SMILES string of the molecule is CC1CCC1N1CC(NC2CCCC2)CC(C(=O)O)C1. The summed E-state index contributed by atoms with van der Waals surface area (Å²) >= 11 is 0. The van der Waals surface area contributed by atoms with E-state index in [2.05, 4.69) is 17.1 Å². The predicted octanol–water partition coefficient (Wildman–Crippen LogP) is 2.09. The highest BCUT2D eigenvalue weighted by molar-refractivity contribution is 5.70. The Morgan fingerprint density at radius 1 is 1.10 bits per heavy atom. The first kappa shape index (κ1) is 14.3. The molecule has 2 aliphatic carbocycles. The molecule has 4 atom stereocenters. The summed E-state index contributed by atoms with van der Waals surface area (Å²) in [4.78, 5) is 13.9. The molecule has 2 N–H and O–H groups in total. The summed E-state index contributed by atoms with van der Waals surface area (Å²) in [5, 5.41) is 13.2. The van der Waals surface area contributed by atoms with E-state index in [1.807, 2.05) is 0 Å². The third-order valence-corrected chi connectivity index (χ3v) is 5.70. The molecular formula is C16H28N2O2. The van der Waals surface area contributed by atoms with Crippen LogP contribution in [-0.4, -0.2) is 47.2 Å². The van der Waals surface area contributed by atoms with Crippen molar-refractivity contribution in [2.75, 3.05) is 13.1 Å². The number of piperidine rings is 1. The number of nitrogens with zero attached hydrogens (tertiary/aromatic N) is 1. The number of hydrogen-bond donors (Lipinski definition) is 2. The molecule has 0 bridgehead atoms. The lowest BCUT2D eigenvalue weighted by molar-refractivity contribution is -0.145. The summed E-state index contributed by atoms with van der Waals surface area (Å²) in [6.45, 7) is 4.11. The number of carboxylic acid groups (broad SMARTS) is 1. The second-order valence-corrected chi connectivity index (χ2v) is 7.19. The largest absolute Gasteiger partial charge is 0.481 e. The summed E-state index contributed by atoms with van der Waals surface area (Å²) in [6.07, 6.45) is 8.57. The summed E-state index contributed by atoms with van der Waals surface area (Å²) in [7, 11) is 0. The van der Waals surface area contributed by atoms with Crippen molar-refractivity contribution >= 4 is 5.97 Å². The smallest absolute Gasteiger partial charge is 0.307 e. The fraction of sp³-hybridized carbons (Fsp3) is 0.938. The van der Waals surface area contributed by atoms with Gasteiger partial charge < -0.3 is 10.4 Å². The molecule has 20 heavy (non-hydrogen) atoms. The van der Waals surface area contributed by atoms with E-state index in [4.69, 9.17) is 0 Å². The zero-order valence-corrected chi connectivity index (χ0v) is 12.6. The summed E-state index contributed by atoms with van der Waals surface area (Å²) in [6, 6.07) is 1.64. The number of aliphatic carboxylic acids is 1. The van der Waals surface area contributed by atoms with Crippen molar-refractivity contribution in [3.63, 3.8) is 0 Å². The first-order valence-electron chi connectivity index (χ1n) is 8.36. The van der Waals surface area contributed by atoms with Crippen molar-refractivity contribution in [3.8, 4) is 0 Å². The van der Waals surface area contributed by atoms with Crippen LogP contribution >= 0.6 is 0 Å². The molecule has 2 saturated carbocycles. The van der Waals surface area contributed by atoms with Gasteiger partial charge in [-0.1, -0.05) is 19.8 Å². The zero-order chi connectivity index (χ0) is 14.1. The highest BCUT2D eigenvalue weighted by Crippen LogP contribution is 2.34. The molecule has 3 rings (SSSR count). The van der Waals surface area contributed by atoms with Crippen LogP contribution in [0.3, 0.4) is 0 Å². The Morgan fingerprint density at radius 2 is 1.85 bits per heavy atom. The summed E-state index contributed by atoms with van der Waals surface area (Å²) < 4.78 is 0. The monoisotopic (exact) mass is 280 g/mol. The van der Waals surface area contributed by atoms with Gasteiger partial charge >= 0.3 is 5.97 Å². The fourth-order valence-corrected chi connectivity index (χ4v) is 4.32. The van der Waals surface area contributed by atoms with Gasteiger partial charge in [-0.25, -0.2) is 0 Å². The zero-order valence-electron chi connectivity index (χ0n) is 12.6. The Morgan fingerprint density at radius 3 is 2.40 bits per heavy atom. The maximum atomic E-state index is 11.4. The third-order valence-electron chi connectivity index (χ3n) is 5.70. The number of carboxylic acids is 1. The molecule has 0 spiro atoms. The lowest BCUT2D eigenvalue weighted by atomic mass is 9.78. The van der Waals surface area contributed by atoms with Crippen LogP contribution in [0.1, 0.15) is 51.9 Å². The molecular weight excluding hydrogens is 252 g/mol. The van der Waals surface area contributed by atoms with E-state index in [0.29, 0.717) is 18.1 Å². The Bertz CT molecular complexity index is 354. The fourth-order valence-electron chi connectivity index (χ4n) is 4.32. The maximum absolute atomic E-state index is 11.4. The van der Waals surface area contributed by atoms with Gasteiger partial charge in [0.15, 0.2) is 0 Å². The standard InChI is InChI=1S/C16H28N2O2/c1-11-6-7-15(11)18-9-12(16(19)20)8-14(10-18)17-13-4-2-3-5-13/h11-15,17H,2-10H2,1H3,(H,19,20). The molecule has 0 aromatic carbocycles. The Balaban J connectivity index is 1.61. The second kappa shape index (κ2) is 6.02. The first-order valence-corrected chi connectivity index (χ1v) is 8.36. The quantitative estimate of drug-likeness (QED) is 0.828. The van der Waals surface area contributed by atoms with Crippen LogP contribution in [0.25, 0.3) is 0 Å². The van der Waals surface area contributed by atoms with Gasteiger partial charge in [0.2, 0.25) is 0 Å². The minimum Gasteiger partial charge on any atom is -0.481 e. The number of nitrogens with one attached hydrogen (secondary N) is 1. The molecule has 3 aliphatic rings. The maximum Gasteiger partial charge on any atom is 0.307 e. The van der Waals surface area contributed by atoms with Gasteiger partial charge in [0.1, 0.15) is 0 Å². The van der Waals surface area contributed by atoms with Gasteiger partial charge in [0.05, 0.1) is 5.92 Å². The molecule has 1 saturated heterocycles. The molecule has 0 radical (unpaired) electrons. The molecule has 3 fully saturated rings. The van der Waals surface area contributed by atoms with Gasteiger partial charge in [-0.3, -0.25) is 9.69 Å². The van der Waals surface area contributed by atoms with Crippen LogP contribution in [0.5, 0.6) is 0 Å². The predicted molar refractivity (Wildman–Crippen MR) is 78.7 cm³/mol. The second-order valence-electron chi connectivity index (χ2n) is 7.19. The van der Waals surface area contributed by atoms with Gasteiger partial charge in [0.25, 0.3) is 0 Å². The van der Waals surface area contributed by atoms with Crippen molar-refractivity contribution in [1.29, 1.82) is 0 Å². The van der Waals surface area contributed by atoms with E-state index in [1.54, 1.807) is 0 Å². The van der Waals surface area contributed by atoms with E-state index in [0.717, 1.165) is 25.4 Å². The minimum absolute atomic E-state index is 0.185. The van der Waals surface area contributed by atoms with Gasteiger partial charge in [-0.05, 0) is 38.0 Å². The van der Waals surface area contributed by atoms with E-state index >= 15 is 0 Å². The van der Waals surface area contributed by atoms with Crippen molar-refractivity contribution in [3.05, 3.63) is 0 Å². The van der Waals surface area contributed by atoms with Crippen LogP contribution < -0.4 is 5.32 Å². The third kappa shape index (κ3) is 3.01. The molecule has 4 heteroatoms. The lowest BCUT2D eigenvalue weighted by Crippen LogP contribution is -2.58. The number of rotatable bonds is 4. The molecule has 0 aromatic rings. The van der Waals surface area contributed by atoms with Crippen LogP contribution in [0.4, 0.5) is 0 Å². The van der Waals surface area contributed by atoms with E-state index in [-0.39, 0.29) is 5.92 Å². The van der Waals surface area contributed by atoms with Crippen molar-refractivity contribution in [1.82, 2.24) is 10.2 Å². The van der Waals surface area contributed by atoms with Gasteiger partial charge in [0, 0.05) is 31.2 Å². The molecule has 0 amide bonds. The number of likely N-dealkylation sites (tertiary alicyclic amines) is 1. The van der Waals surface area contributed by atoms with Crippen LogP contribution in [0.15, 0.2) is 0 Å². The summed E-state index contributed by atoms with van der Waals surface area (Å²) in [5.41, 5.74) is 0. The average molecular weight is 280 g/mol. The van der Waals surface area contributed by atoms with E-state index in [1.165, 1.54) is 38.5 Å². The average Bonchev–Trinajstić information content (AvgIpc) is 2.89. The number of hydrogen-bond acceptors (Lipinski definition) is 3. The minimum atomic E-state index is -0.611. The Kier molecular flexibility index (Phi) is 4.32. The van der Waals surface area contributed by atoms with Gasteiger partial charge in [-0.15, -0.1) is 0 Å². The lowest BCUT2D eigenvalue weighted by Gasteiger charge is -2.48. The molecule has 1 aliphatic heterocycles. The molecule has 4 unspecified atom stereocenters.